The lowest BCUT2D eigenvalue weighted by atomic mass is 10.0. The molecule has 1 aromatic rings. The summed E-state index contributed by atoms with van der Waals surface area (Å²) in [5, 5.41) is 3.55. The summed E-state index contributed by atoms with van der Waals surface area (Å²) in [6.45, 7) is 7.47. The highest BCUT2D eigenvalue weighted by atomic mass is 16.5. The molecule has 2 rings (SSSR count). The van der Waals surface area contributed by atoms with E-state index in [1.165, 1.54) is 24.0 Å². The number of hydrogen-bond acceptors (Lipinski definition) is 4. The van der Waals surface area contributed by atoms with E-state index in [9.17, 15) is 0 Å². The molecule has 6 nitrogen and oxygen atoms in total. The Morgan fingerprint density at radius 1 is 1.22 bits per heavy atom. The molecule has 1 saturated carbocycles. The zero-order valence-corrected chi connectivity index (χ0v) is 17.7. The number of aryl methyl sites for hydroxylation is 1. The average molecular weight is 378 g/mol. The van der Waals surface area contributed by atoms with Crippen molar-refractivity contribution in [2.75, 3.05) is 48.1 Å². The summed E-state index contributed by atoms with van der Waals surface area (Å²) >= 11 is 0. The lowest BCUT2D eigenvalue weighted by Crippen LogP contribution is -2.41. The quantitative estimate of drug-likeness (QED) is 0.385. The second-order valence-corrected chi connectivity index (χ2v) is 7.34. The lowest BCUT2D eigenvalue weighted by molar-refractivity contribution is 0.128. The molecule has 0 aromatic heterocycles. The van der Waals surface area contributed by atoms with Gasteiger partial charge in [-0.25, -0.2) is 0 Å². The minimum Gasteiger partial charge on any atom is -0.493 e. The molecule has 27 heavy (non-hydrogen) atoms. The van der Waals surface area contributed by atoms with Crippen molar-refractivity contribution >= 4 is 5.96 Å². The van der Waals surface area contributed by atoms with Crippen LogP contribution in [0, 0.1) is 12.3 Å². The standard InChI is InChI=1S/C21H35N3O3/c1-7-27-11-10-21(8-9-21)15-23-20(22-3)24(4)14-17-13-19(26-6)18(25-5)12-16(17)2/h12-13H,7-11,14-15H2,1-6H3,(H,22,23). The van der Waals surface area contributed by atoms with Gasteiger partial charge in [0, 0.05) is 40.4 Å². The van der Waals surface area contributed by atoms with Crippen molar-refractivity contribution in [3.8, 4) is 11.5 Å². The van der Waals surface area contributed by atoms with E-state index >= 15 is 0 Å². The maximum absolute atomic E-state index is 5.53. The second-order valence-electron chi connectivity index (χ2n) is 7.34. The van der Waals surface area contributed by atoms with Crippen LogP contribution in [0.4, 0.5) is 0 Å². The monoisotopic (exact) mass is 377 g/mol. The summed E-state index contributed by atoms with van der Waals surface area (Å²) in [5.74, 6) is 2.42. The van der Waals surface area contributed by atoms with E-state index in [0.29, 0.717) is 5.41 Å². The molecule has 1 N–H and O–H groups in total. The fourth-order valence-corrected chi connectivity index (χ4v) is 3.30. The maximum Gasteiger partial charge on any atom is 0.193 e. The van der Waals surface area contributed by atoms with Crippen molar-refractivity contribution in [2.24, 2.45) is 10.4 Å². The molecule has 0 unspecified atom stereocenters. The smallest absolute Gasteiger partial charge is 0.193 e. The number of methoxy groups -OCH3 is 2. The van der Waals surface area contributed by atoms with E-state index in [2.05, 4.69) is 29.2 Å². The van der Waals surface area contributed by atoms with Gasteiger partial charge in [0.1, 0.15) is 0 Å². The molecule has 0 heterocycles. The first-order valence-electron chi connectivity index (χ1n) is 9.69. The molecule has 152 valence electrons. The largest absolute Gasteiger partial charge is 0.493 e. The Morgan fingerprint density at radius 2 is 1.89 bits per heavy atom. The van der Waals surface area contributed by atoms with Crippen LogP contribution >= 0.6 is 0 Å². The van der Waals surface area contributed by atoms with E-state index in [-0.39, 0.29) is 0 Å². The predicted molar refractivity (Wildman–Crippen MR) is 110 cm³/mol. The zero-order chi connectivity index (χ0) is 19.9. The maximum atomic E-state index is 5.53. The van der Waals surface area contributed by atoms with E-state index in [0.717, 1.165) is 50.2 Å². The Balaban J connectivity index is 1.96. The molecule has 1 aliphatic carbocycles. The zero-order valence-electron chi connectivity index (χ0n) is 17.7. The molecule has 0 aliphatic heterocycles. The highest BCUT2D eigenvalue weighted by Crippen LogP contribution is 2.48. The van der Waals surface area contributed by atoms with E-state index in [4.69, 9.17) is 14.2 Å². The third-order valence-corrected chi connectivity index (χ3v) is 5.38. The predicted octanol–water partition coefficient (Wildman–Crippen LogP) is 3.23. The molecule has 1 fully saturated rings. The number of hydrogen-bond donors (Lipinski definition) is 1. The summed E-state index contributed by atoms with van der Waals surface area (Å²) in [7, 11) is 7.22. The third-order valence-electron chi connectivity index (χ3n) is 5.38. The molecule has 0 saturated heterocycles. The molecule has 0 bridgehead atoms. The van der Waals surface area contributed by atoms with Gasteiger partial charge in [0.15, 0.2) is 17.5 Å². The van der Waals surface area contributed by atoms with Crippen molar-refractivity contribution in [1.29, 1.82) is 0 Å². The summed E-state index contributed by atoms with van der Waals surface area (Å²) in [5.41, 5.74) is 2.74. The first kappa shape index (κ1) is 21.4. The highest BCUT2D eigenvalue weighted by Gasteiger charge is 2.42. The molecule has 1 aromatic carbocycles. The van der Waals surface area contributed by atoms with Gasteiger partial charge < -0.3 is 24.4 Å². The summed E-state index contributed by atoms with van der Waals surface area (Å²) in [4.78, 5) is 6.61. The van der Waals surface area contributed by atoms with Gasteiger partial charge >= 0.3 is 0 Å². The van der Waals surface area contributed by atoms with Gasteiger partial charge in [0.2, 0.25) is 0 Å². The molecular formula is C21H35N3O3. The van der Waals surface area contributed by atoms with Crippen molar-refractivity contribution in [1.82, 2.24) is 10.2 Å². The Hall–Kier alpha value is -1.95. The van der Waals surface area contributed by atoms with Crippen molar-refractivity contribution in [2.45, 2.75) is 39.7 Å². The molecule has 0 spiro atoms. The van der Waals surface area contributed by atoms with Crippen LogP contribution in [0.3, 0.4) is 0 Å². The first-order chi connectivity index (χ1) is 13.0. The highest BCUT2D eigenvalue weighted by molar-refractivity contribution is 5.79. The molecule has 0 amide bonds. The number of benzene rings is 1. The van der Waals surface area contributed by atoms with Crippen LogP contribution in [0.25, 0.3) is 0 Å². The summed E-state index contributed by atoms with van der Waals surface area (Å²) in [6.07, 6.45) is 3.65. The SMILES string of the molecule is CCOCCC1(CNC(=NC)N(C)Cc2cc(OC)c(OC)cc2C)CC1. The summed E-state index contributed by atoms with van der Waals surface area (Å²) < 4.78 is 16.4. The van der Waals surface area contributed by atoms with Crippen molar-refractivity contribution in [3.05, 3.63) is 23.3 Å². The molecule has 1 aliphatic rings. The number of guanidine groups is 1. The van der Waals surface area contributed by atoms with Gasteiger partial charge in [-0.15, -0.1) is 0 Å². The summed E-state index contributed by atoms with van der Waals surface area (Å²) in [6, 6.07) is 4.06. The number of nitrogens with one attached hydrogen (secondary N) is 1. The minimum absolute atomic E-state index is 0.380. The van der Waals surface area contributed by atoms with E-state index in [1.54, 1.807) is 14.2 Å². The van der Waals surface area contributed by atoms with E-state index < -0.39 is 0 Å². The Morgan fingerprint density at radius 3 is 2.44 bits per heavy atom. The van der Waals surface area contributed by atoms with Crippen LogP contribution in [0.1, 0.15) is 37.3 Å². The second kappa shape index (κ2) is 9.83. The average Bonchev–Trinajstić information content (AvgIpc) is 3.43. The molecular weight excluding hydrogens is 342 g/mol. The van der Waals surface area contributed by atoms with Gasteiger partial charge in [-0.2, -0.15) is 0 Å². The van der Waals surface area contributed by atoms with Gasteiger partial charge in [0.25, 0.3) is 0 Å². The Labute approximate surface area is 163 Å². The number of aliphatic imine (C=N–C) groups is 1. The van der Waals surface area contributed by atoms with Crippen LogP contribution in [0.5, 0.6) is 11.5 Å². The van der Waals surface area contributed by atoms with Crippen LogP contribution in [0.2, 0.25) is 0 Å². The van der Waals surface area contributed by atoms with Crippen LogP contribution < -0.4 is 14.8 Å². The van der Waals surface area contributed by atoms with Gasteiger partial charge in [-0.3, -0.25) is 4.99 Å². The topological polar surface area (TPSA) is 55.3 Å². The first-order valence-corrected chi connectivity index (χ1v) is 9.69. The molecule has 6 heteroatoms. The van der Waals surface area contributed by atoms with E-state index in [1.807, 2.05) is 26.1 Å². The fraction of sp³-hybridized carbons (Fsp3) is 0.667. The van der Waals surface area contributed by atoms with Crippen molar-refractivity contribution in [3.63, 3.8) is 0 Å². The van der Waals surface area contributed by atoms with Gasteiger partial charge in [-0.1, -0.05) is 0 Å². The number of nitrogens with zero attached hydrogens (tertiary/aromatic N) is 2. The fourth-order valence-electron chi connectivity index (χ4n) is 3.30. The number of rotatable bonds is 10. The third kappa shape index (κ3) is 5.76. The van der Waals surface area contributed by atoms with Crippen LogP contribution in [0.15, 0.2) is 17.1 Å². The van der Waals surface area contributed by atoms with Gasteiger partial charge in [0.05, 0.1) is 14.2 Å². The lowest BCUT2D eigenvalue weighted by Gasteiger charge is -2.25. The minimum atomic E-state index is 0.380. The number of ether oxygens (including phenoxy) is 3. The normalized spacial score (nSPS) is 15.4. The Bertz CT molecular complexity index is 642. The van der Waals surface area contributed by atoms with Crippen LogP contribution in [-0.4, -0.2) is 58.9 Å². The van der Waals surface area contributed by atoms with Crippen LogP contribution in [-0.2, 0) is 11.3 Å². The molecule has 0 radical (unpaired) electrons. The van der Waals surface area contributed by atoms with Gasteiger partial charge in [-0.05, 0) is 61.8 Å². The molecule has 0 atom stereocenters. The Kier molecular flexibility index (Phi) is 7.78. The van der Waals surface area contributed by atoms with Crippen molar-refractivity contribution < 1.29 is 14.2 Å².